The topological polar surface area (TPSA) is 0 Å². The van der Waals surface area contributed by atoms with Crippen molar-refractivity contribution in [2.24, 2.45) is 22.2 Å². The number of benzene rings is 2. The molecule has 5 aliphatic rings. The molecule has 7 rings (SSSR count). The Labute approximate surface area is 270 Å². The molecule has 2 aromatic rings. The summed E-state index contributed by atoms with van der Waals surface area (Å²) in [7, 11) is 0. The number of allylic oxidation sites excluding steroid dienone is 4. The van der Waals surface area contributed by atoms with Crippen LogP contribution < -0.4 is 0 Å². The molecule has 5 aliphatic carbocycles. The van der Waals surface area contributed by atoms with Gasteiger partial charge in [0.05, 0.1) is 0 Å². The second-order valence-electron chi connectivity index (χ2n) is 20.5. The molecule has 2 atom stereocenters. The predicted molar refractivity (Wildman–Crippen MR) is 190 cm³/mol. The van der Waals surface area contributed by atoms with Crippen LogP contribution in [0.3, 0.4) is 0 Å². The van der Waals surface area contributed by atoms with Crippen molar-refractivity contribution in [3.63, 3.8) is 0 Å². The van der Waals surface area contributed by atoms with Crippen LogP contribution in [-0.4, -0.2) is 0 Å². The van der Waals surface area contributed by atoms with Crippen molar-refractivity contribution in [2.45, 2.75) is 157 Å². The van der Waals surface area contributed by atoms with Gasteiger partial charge in [0, 0.05) is 11.8 Å². The van der Waals surface area contributed by atoms with Crippen molar-refractivity contribution in [2.75, 3.05) is 0 Å². The summed E-state index contributed by atoms with van der Waals surface area (Å²) in [6.07, 6.45) is 11.6. The molecule has 0 amide bonds. The van der Waals surface area contributed by atoms with Gasteiger partial charge < -0.3 is 0 Å². The molecular formula is C44H60. The lowest BCUT2D eigenvalue weighted by Gasteiger charge is -2.44. The predicted octanol–water partition coefficient (Wildman–Crippen LogP) is 12.5. The van der Waals surface area contributed by atoms with Gasteiger partial charge in [-0.1, -0.05) is 139 Å². The Kier molecular flexibility index (Phi) is 6.00. The fraction of sp³-hybridized carbons (Fsp3) is 0.636. The van der Waals surface area contributed by atoms with Crippen LogP contribution in [0.15, 0.2) is 47.6 Å². The van der Waals surface area contributed by atoms with Crippen LogP contribution in [0.4, 0.5) is 0 Å². The Morgan fingerprint density at radius 1 is 0.545 bits per heavy atom. The Morgan fingerprint density at radius 3 is 1.32 bits per heavy atom. The molecule has 0 bridgehead atoms. The van der Waals surface area contributed by atoms with E-state index in [1.807, 2.05) is 0 Å². The Balaban J connectivity index is 1.54. The van der Waals surface area contributed by atoms with E-state index in [9.17, 15) is 0 Å². The van der Waals surface area contributed by atoms with E-state index in [0.29, 0.717) is 11.8 Å². The summed E-state index contributed by atoms with van der Waals surface area (Å²) < 4.78 is 0. The zero-order chi connectivity index (χ0) is 32.2. The van der Waals surface area contributed by atoms with E-state index in [1.54, 1.807) is 50.1 Å². The molecule has 0 saturated heterocycles. The first kappa shape index (κ1) is 30.6. The van der Waals surface area contributed by atoms with Gasteiger partial charge in [-0.15, -0.1) is 0 Å². The highest BCUT2D eigenvalue weighted by atomic mass is 14.6. The number of fused-ring (bicyclic) bond motifs is 6. The Morgan fingerprint density at radius 2 is 0.932 bits per heavy atom. The van der Waals surface area contributed by atoms with Crippen molar-refractivity contribution in [1.82, 2.24) is 0 Å². The lowest BCUT2D eigenvalue weighted by molar-refractivity contribution is 0.219. The van der Waals surface area contributed by atoms with Crippen LogP contribution in [0.5, 0.6) is 0 Å². The van der Waals surface area contributed by atoms with Crippen LogP contribution in [0, 0.1) is 22.2 Å². The highest BCUT2D eigenvalue weighted by molar-refractivity contribution is 5.83. The second kappa shape index (κ2) is 8.63. The summed E-state index contributed by atoms with van der Waals surface area (Å²) in [5.41, 5.74) is 17.3. The number of rotatable bonds is 1. The van der Waals surface area contributed by atoms with E-state index in [0.717, 1.165) is 0 Å². The second-order valence-corrected chi connectivity index (χ2v) is 20.5. The normalized spacial score (nSPS) is 30.1. The molecule has 0 N–H and O–H groups in total. The molecule has 236 valence electrons. The van der Waals surface area contributed by atoms with Crippen molar-refractivity contribution >= 4 is 0 Å². The van der Waals surface area contributed by atoms with E-state index in [1.165, 1.54) is 37.7 Å². The van der Waals surface area contributed by atoms with Crippen LogP contribution in [0.2, 0.25) is 0 Å². The van der Waals surface area contributed by atoms with Crippen molar-refractivity contribution in [3.05, 3.63) is 80.9 Å². The fourth-order valence-corrected chi connectivity index (χ4v) is 10.7. The van der Waals surface area contributed by atoms with Gasteiger partial charge in [0.1, 0.15) is 0 Å². The van der Waals surface area contributed by atoms with Gasteiger partial charge in [-0.25, -0.2) is 0 Å². The average molecular weight is 589 g/mol. The first-order valence-electron chi connectivity index (χ1n) is 17.8. The summed E-state index contributed by atoms with van der Waals surface area (Å²) in [5.74, 6) is 0.881. The molecule has 0 aromatic heterocycles. The lowest BCUT2D eigenvalue weighted by atomic mass is 9.60. The van der Waals surface area contributed by atoms with Gasteiger partial charge >= 0.3 is 0 Å². The minimum Gasteiger partial charge on any atom is -0.0730 e. The molecule has 2 aromatic carbocycles. The fourth-order valence-electron chi connectivity index (χ4n) is 10.7. The third-order valence-electron chi connectivity index (χ3n) is 13.8. The molecule has 1 fully saturated rings. The average Bonchev–Trinajstić information content (AvgIpc) is 3.54. The zero-order valence-corrected chi connectivity index (χ0v) is 30.7. The summed E-state index contributed by atoms with van der Waals surface area (Å²) in [6, 6.07) is 10.9. The van der Waals surface area contributed by atoms with Crippen molar-refractivity contribution < 1.29 is 0 Å². The molecule has 0 heteroatoms. The molecule has 0 aliphatic heterocycles. The number of hydrogen-bond acceptors (Lipinski definition) is 0. The maximum atomic E-state index is 2.74. The highest BCUT2D eigenvalue weighted by Gasteiger charge is 2.58. The maximum absolute atomic E-state index is 2.74. The summed E-state index contributed by atoms with van der Waals surface area (Å²) >= 11 is 0. The molecule has 0 spiro atoms. The zero-order valence-electron chi connectivity index (χ0n) is 30.7. The third kappa shape index (κ3) is 4.07. The van der Waals surface area contributed by atoms with Gasteiger partial charge in [-0.3, -0.25) is 0 Å². The Hall–Kier alpha value is -2.08. The maximum Gasteiger partial charge on any atom is 0.0165 e. The van der Waals surface area contributed by atoms with E-state index >= 15 is 0 Å². The highest BCUT2D eigenvalue weighted by Crippen LogP contribution is 2.69. The van der Waals surface area contributed by atoms with E-state index in [2.05, 4.69) is 133 Å². The molecular weight excluding hydrogens is 528 g/mol. The minimum atomic E-state index is 0.119. The monoisotopic (exact) mass is 588 g/mol. The third-order valence-corrected chi connectivity index (χ3v) is 13.8. The van der Waals surface area contributed by atoms with Crippen LogP contribution >= 0.6 is 0 Å². The van der Waals surface area contributed by atoms with E-state index in [-0.39, 0.29) is 37.9 Å². The first-order chi connectivity index (χ1) is 20.0. The molecule has 44 heavy (non-hydrogen) atoms. The van der Waals surface area contributed by atoms with E-state index < -0.39 is 0 Å². The van der Waals surface area contributed by atoms with Gasteiger partial charge in [-0.2, -0.15) is 0 Å². The van der Waals surface area contributed by atoms with Crippen molar-refractivity contribution in [1.29, 1.82) is 0 Å². The number of hydrogen-bond donors (Lipinski definition) is 0. The largest absolute Gasteiger partial charge is 0.0730 e. The van der Waals surface area contributed by atoms with Gasteiger partial charge in [0.15, 0.2) is 0 Å². The minimum absolute atomic E-state index is 0.119. The molecule has 2 unspecified atom stereocenters. The van der Waals surface area contributed by atoms with Crippen LogP contribution in [0.25, 0.3) is 11.1 Å². The smallest absolute Gasteiger partial charge is 0.0165 e. The SMILES string of the molecule is CC(C)(C)C1=CC2C(=C1)C(C)(C)CC2(C)C1c2cc3c(cc2-c2cc4c(cc21)C(C)(C)CCC4(C)C)C(C)(C)CCC3(C)C. The Bertz CT molecular complexity index is 1570. The van der Waals surface area contributed by atoms with Crippen LogP contribution in [0.1, 0.15) is 168 Å². The summed E-state index contributed by atoms with van der Waals surface area (Å²) in [4.78, 5) is 0. The van der Waals surface area contributed by atoms with Crippen molar-refractivity contribution in [3.8, 4) is 11.1 Å². The van der Waals surface area contributed by atoms with Crippen LogP contribution in [-0.2, 0) is 21.7 Å². The molecule has 0 radical (unpaired) electrons. The molecule has 0 heterocycles. The summed E-state index contributed by atoms with van der Waals surface area (Å²) in [5, 5.41) is 0. The molecule has 1 saturated carbocycles. The first-order valence-corrected chi connectivity index (χ1v) is 17.8. The van der Waals surface area contributed by atoms with E-state index in [4.69, 9.17) is 0 Å². The quantitative estimate of drug-likeness (QED) is 0.311. The lowest BCUT2D eigenvalue weighted by Crippen LogP contribution is -2.35. The molecule has 0 nitrogen and oxygen atoms in total. The van der Waals surface area contributed by atoms with Gasteiger partial charge in [0.2, 0.25) is 0 Å². The van der Waals surface area contributed by atoms with Gasteiger partial charge in [-0.05, 0) is 120 Å². The van der Waals surface area contributed by atoms with Gasteiger partial charge in [0.25, 0.3) is 0 Å². The standard InChI is InChI=1S/C44H60/c1-38(2,3)26-19-31-36(20-26)44(14,25-43(31,12)13)37-29-23-34-32(39(4,5)15-17-41(34,8)9)21-27(29)28-22-33-35(24-30(28)37)42(10,11)18-16-40(33,6)7/h19-24,36-37H,15-18,25H2,1-14H3. The summed E-state index contributed by atoms with van der Waals surface area (Å²) in [6.45, 7) is 34.9.